The average molecular weight is 482 g/mol. The zero-order valence-corrected chi connectivity index (χ0v) is 20.7. The maximum atomic E-state index is 13.0. The molecule has 0 bridgehead atoms. The van der Waals surface area contributed by atoms with Gasteiger partial charge in [0, 0.05) is 53.8 Å². The number of nitrogens with one attached hydrogen (secondary N) is 1. The van der Waals surface area contributed by atoms with E-state index in [4.69, 9.17) is 4.74 Å². The summed E-state index contributed by atoms with van der Waals surface area (Å²) in [5, 5.41) is 3.85. The van der Waals surface area contributed by atoms with Gasteiger partial charge in [-0.25, -0.2) is 0 Å². The van der Waals surface area contributed by atoms with Crippen LogP contribution >= 0.6 is 0 Å². The second-order valence-electron chi connectivity index (χ2n) is 8.79. The fourth-order valence-electron chi connectivity index (χ4n) is 4.14. The third kappa shape index (κ3) is 4.95. The molecule has 4 aromatic rings. The maximum Gasteiger partial charge on any atom is 0.258 e. The van der Waals surface area contributed by atoms with Crippen LogP contribution in [0.25, 0.3) is 21.9 Å². The Kier molecular flexibility index (Phi) is 6.83. The predicted molar refractivity (Wildman–Crippen MR) is 142 cm³/mol. The number of nitrogens with zero attached hydrogens (tertiary/aromatic N) is 2. The summed E-state index contributed by atoms with van der Waals surface area (Å²) in [7, 11) is 1.67. The Bertz CT molecular complexity index is 1560. The third-order valence-electron chi connectivity index (χ3n) is 5.90. The number of benzene rings is 2. The average Bonchev–Trinajstić information content (AvgIpc) is 2.84. The van der Waals surface area contributed by atoms with Gasteiger partial charge in [-0.1, -0.05) is 24.8 Å². The summed E-state index contributed by atoms with van der Waals surface area (Å²) in [6.07, 6.45) is 4.68. The van der Waals surface area contributed by atoms with E-state index in [0.29, 0.717) is 39.0 Å². The Morgan fingerprint density at radius 2 is 1.81 bits per heavy atom. The highest BCUT2D eigenvalue weighted by Gasteiger charge is 2.18. The molecule has 0 aliphatic rings. The van der Waals surface area contributed by atoms with E-state index < -0.39 is 0 Å². The standard InChI is InChI=1S/C29H27N3O4/c1-6-27(34)31-20-10-11-26(36-28-17(2)8-7-9-18(28)3)22(13-20)25-16-32(5)29(35)23-14-21(12-19(4)33)30-15-24(23)25/h6-11,13-16H,1,12H2,2-5H3,(H,31,34). The van der Waals surface area contributed by atoms with Crippen LogP contribution < -0.4 is 15.6 Å². The number of ether oxygens (including phenoxy) is 1. The monoisotopic (exact) mass is 481 g/mol. The van der Waals surface area contributed by atoms with Crippen LogP contribution in [-0.2, 0) is 23.1 Å². The number of rotatable bonds is 7. The Morgan fingerprint density at radius 1 is 1.08 bits per heavy atom. The van der Waals surface area contributed by atoms with Gasteiger partial charge in [0.05, 0.1) is 5.39 Å². The lowest BCUT2D eigenvalue weighted by Gasteiger charge is -2.18. The van der Waals surface area contributed by atoms with Crippen molar-refractivity contribution in [2.75, 3.05) is 5.32 Å². The highest BCUT2D eigenvalue weighted by Crippen LogP contribution is 2.39. The van der Waals surface area contributed by atoms with Crippen molar-refractivity contribution in [3.8, 4) is 22.6 Å². The number of anilines is 1. The lowest BCUT2D eigenvalue weighted by atomic mass is 9.99. The number of carbonyl (C=O) groups excluding carboxylic acids is 2. The molecule has 0 radical (unpaired) electrons. The summed E-state index contributed by atoms with van der Waals surface area (Å²) in [6, 6.07) is 12.9. The zero-order chi connectivity index (χ0) is 26.0. The van der Waals surface area contributed by atoms with Gasteiger partial charge < -0.3 is 14.6 Å². The quantitative estimate of drug-likeness (QED) is 0.364. The molecule has 182 valence electrons. The highest BCUT2D eigenvalue weighted by molar-refractivity contribution is 6.01. The second-order valence-corrected chi connectivity index (χ2v) is 8.79. The number of para-hydroxylation sites is 1. The lowest BCUT2D eigenvalue weighted by Crippen LogP contribution is -2.17. The van der Waals surface area contributed by atoms with Crippen molar-refractivity contribution < 1.29 is 14.3 Å². The van der Waals surface area contributed by atoms with Gasteiger partial charge in [0.1, 0.15) is 17.3 Å². The number of fused-ring (bicyclic) bond motifs is 1. The molecule has 0 fully saturated rings. The van der Waals surface area contributed by atoms with Crippen LogP contribution in [0, 0.1) is 13.8 Å². The van der Waals surface area contributed by atoms with Crippen molar-refractivity contribution in [1.82, 2.24) is 9.55 Å². The Labute approximate surface area is 209 Å². The normalized spacial score (nSPS) is 10.8. The highest BCUT2D eigenvalue weighted by atomic mass is 16.5. The third-order valence-corrected chi connectivity index (χ3v) is 5.90. The Balaban J connectivity index is 1.97. The molecule has 0 spiro atoms. The lowest BCUT2D eigenvalue weighted by molar-refractivity contribution is -0.116. The number of aryl methyl sites for hydroxylation is 3. The molecule has 7 heteroatoms. The molecule has 0 unspecified atom stereocenters. The number of aromatic nitrogens is 2. The van der Waals surface area contributed by atoms with Crippen molar-refractivity contribution in [3.63, 3.8) is 0 Å². The van der Waals surface area contributed by atoms with E-state index in [1.54, 1.807) is 43.7 Å². The minimum absolute atomic E-state index is 0.0372. The maximum absolute atomic E-state index is 13.0. The Hall–Kier alpha value is -4.52. The van der Waals surface area contributed by atoms with Crippen molar-refractivity contribution in [2.45, 2.75) is 27.2 Å². The SMILES string of the molecule is C=CC(=O)Nc1ccc(Oc2c(C)cccc2C)c(-c2cn(C)c(=O)c3cc(CC(C)=O)ncc23)c1. The van der Waals surface area contributed by atoms with Crippen molar-refractivity contribution in [2.24, 2.45) is 7.05 Å². The van der Waals surface area contributed by atoms with Crippen LogP contribution in [0.5, 0.6) is 11.5 Å². The molecule has 1 amide bonds. The molecule has 0 aliphatic carbocycles. The number of hydrogen-bond acceptors (Lipinski definition) is 5. The first-order valence-electron chi connectivity index (χ1n) is 11.5. The topological polar surface area (TPSA) is 90.3 Å². The smallest absolute Gasteiger partial charge is 0.258 e. The molecule has 0 aliphatic heterocycles. The molecule has 0 atom stereocenters. The van der Waals surface area contributed by atoms with Gasteiger partial charge in [-0.15, -0.1) is 0 Å². The Morgan fingerprint density at radius 3 is 2.47 bits per heavy atom. The first-order chi connectivity index (χ1) is 17.2. The predicted octanol–water partition coefficient (Wildman–Crippen LogP) is 5.27. The second kappa shape index (κ2) is 10.00. The van der Waals surface area contributed by atoms with Gasteiger partial charge in [0.2, 0.25) is 5.91 Å². The van der Waals surface area contributed by atoms with Gasteiger partial charge in [0.15, 0.2) is 0 Å². The number of hydrogen-bond donors (Lipinski definition) is 1. The van der Waals surface area contributed by atoms with E-state index in [1.165, 1.54) is 17.6 Å². The van der Waals surface area contributed by atoms with Crippen LogP contribution in [0.15, 0.2) is 72.3 Å². The molecule has 2 heterocycles. The molecular formula is C29H27N3O4. The van der Waals surface area contributed by atoms with Crippen molar-refractivity contribution in [3.05, 3.63) is 94.7 Å². The van der Waals surface area contributed by atoms with Gasteiger partial charge in [-0.2, -0.15) is 0 Å². The largest absolute Gasteiger partial charge is 0.456 e. The molecule has 2 aromatic heterocycles. The van der Waals surface area contributed by atoms with E-state index in [9.17, 15) is 14.4 Å². The van der Waals surface area contributed by atoms with Gasteiger partial charge in [-0.3, -0.25) is 19.4 Å². The minimum Gasteiger partial charge on any atom is -0.456 e. The fraction of sp³-hybridized carbons (Fsp3) is 0.172. The molecule has 2 aromatic carbocycles. The van der Waals surface area contributed by atoms with E-state index >= 15 is 0 Å². The minimum atomic E-state index is -0.342. The van der Waals surface area contributed by atoms with Gasteiger partial charge in [0.25, 0.3) is 5.56 Å². The van der Waals surface area contributed by atoms with E-state index in [-0.39, 0.29) is 23.7 Å². The number of carbonyl (C=O) groups is 2. The number of pyridine rings is 2. The van der Waals surface area contributed by atoms with Crippen LogP contribution in [-0.4, -0.2) is 21.2 Å². The number of amides is 1. The summed E-state index contributed by atoms with van der Waals surface area (Å²) in [5.74, 6) is 0.907. The summed E-state index contributed by atoms with van der Waals surface area (Å²) in [5.41, 5.74) is 4.20. The molecule has 7 nitrogen and oxygen atoms in total. The zero-order valence-electron chi connectivity index (χ0n) is 20.7. The van der Waals surface area contributed by atoms with Crippen LogP contribution in [0.2, 0.25) is 0 Å². The summed E-state index contributed by atoms with van der Waals surface area (Å²) >= 11 is 0. The summed E-state index contributed by atoms with van der Waals surface area (Å²) in [4.78, 5) is 41.1. The molecule has 4 rings (SSSR count). The fourth-order valence-corrected chi connectivity index (χ4v) is 4.14. The first-order valence-corrected chi connectivity index (χ1v) is 11.5. The first kappa shape index (κ1) is 24.6. The van der Waals surface area contributed by atoms with E-state index in [1.807, 2.05) is 32.0 Å². The van der Waals surface area contributed by atoms with Crippen LogP contribution in [0.1, 0.15) is 23.7 Å². The van der Waals surface area contributed by atoms with Crippen molar-refractivity contribution in [1.29, 1.82) is 0 Å². The molecule has 36 heavy (non-hydrogen) atoms. The van der Waals surface area contributed by atoms with Gasteiger partial charge in [-0.05, 0) is 62.2 Å². The van der Waals surface area contributed by atoms with Gasteiger partial charge >= 0.3 is 0 Å². The van der Waals surface area contributed by atoms with Crippen LogP contribution in [0.4, 0.5) is 5.69 Å². The summed E-state index contributed by atoms with van der Waals surface area (Å²) in [6.45, 7) is 8.95. The molecule has 0 saturated carbocycles. The molecular weight excluding hydrogens is 454 g/mol. The van der Waals surface area contributed by atoms with E-state index in [2.05, 4.69) is 16.9 Å². The molecule has 1 N–H and O–H groups in total. The van der Waals surface area contributed by atoms with Crippen molar-refractivity contribution >= 4 is 28.2 Å². The summed E-state index contributed by atoms with van der Waals surface area (Å²) < 4.78 is 7.91. The van der Waals surface area contributed by atoms with E-state index in [0.717, 1.165) is 16.9 Å². The van der Waals surface area contributed by atoms with Crippen LogP contribution in [0.3, 0.4) is 0 Å². The molecule has 0 saturated heterocycles. The number of Topliss-reactive ketones (excluding diaryl/α,β-unsaturated/α-hetero) is 1. The number of ketones is 1.